The van der Waals surface area contributed by atoms with Crippen LogP contribution in [0, 0.1) is 0 Å². The zero-order valence-corrected chi connectivity index (χ0v) is 9.91. The van der Waals surface area contributed by atoms with Crippen molar-refractivity contribution in [1.82, 2.24) is 9.97 Å². The minimum Gasteiger partial charge on any atom is -0.478 e. The highest BCUT2D eigenvalue weighted by atomic mass is 16.4. The molecule has 0 aliphatic heterocycles. The van der Waals surface area contributed by atoms with Crippen LogP contribution < -0.4 is 5.73 Å². The number of amides is 1. The van der Waals surface area contributed by atoms with Gasteiger partial charge in [-0.2, -0.15) is 0 Å². The van der Waals surface area contributed by atoms with Crippen LogP contribution in [0.3, 0.4) is 0 Å². The molecule has 1 amide bonds. The van der Waals surface area contributed by atoms with Gasteiger partial charge in [0.1, 0.15) is 11.4 Å². The fourth-order valence-electron chi connectivity index (χ4n) is 1.63. The number of nitrogens with two attached hydrogens (primary N) is 1. The molecule has 0 saturated heterocycles. The van der Waals surface area contributed by atoms with Crippen LogP contribution in [0.2, 0.25) is 0 Å². The van der Waals surface area contributed by atoms with Crippen molar-refractivity contribution in [3.63, 3.8) is 0 Å². The van der Waals surface area contributed by atoms with E-state index in [0.717, 1.165) is 0 Å². The quantitative estimate of drug-likeness (QED) is 0.845. The Hall–Kier alpha value is -2.76. The Morgan fingerprint density at radius 2 is 1.89 bits per heavy atom. The van der Waals surface area contributed by atoms with Gasteiger partial charge in [0.15, 0.2) is 0 Å². The third-order valence-electron chi connectivity index (χ3n) is 2.45. The molecule has 0 bridgehead atoms. The molecule has 1 aromatic carbocycles. The normalized spacial score (nSPS) is 10.1. The second-order valence-electron chi connectivity index (χ2n) is 3.86. The minimum atomic E-state index is -1.12. The molecule has 1 heterocycles. The topological polar surface area (TPSA) is 106 Å². The lowest BCUT2D eigenvalue weighted by molar-refractivity contribution is -0.117. The Morgan fingerprint density at radius 3 is 2.47 bits per heavy atom. The van der Waals surface area contributed by atoms with E-state index in [1.54, 1.807) is 24.3 Å². The zero-order valence-electron chi connectivity index (χ0n) is 9.91. The average Bonchev–Trinajstić information content (AvgIpc) is 2.38. The fraction of sp³-hybridized carbons (Fsp3) is 0.0769. The number of carbonyl (C=O) groups is 2. The molecule has 1 aromatic heterocycles. The SMILES string of the molecule is NC(=O)Cc1ncc(C(=O)O)c(-c2ccccc2)n1. The van der Waals surface area contributed by atoms with Gasteiger partial charge < -0.3 is 10.8 Å². The highest BCUT2D eigenvalue weighted by Crippen LogP contribution is 2.21. The predicted molar refractivity (Wildman–Crippen MR) is 67.3 cm³/mol. The molecule has 0 aliphatic carbocycles. The summed E-state index contributed by atoms with van der Waals surface area (Å²) in [5.74, 6) is -1.48. The van der Waals surface area contributed by atoms with Gasteiger partial charge in [-0.15, -0.1) is 0 Å². The Kier molecular flexibility index (Phi) is 3.51. The van der Waals surface area contributed by atoms with Crippen LogP contribution in [0.25, 0.3) is 11.3 Å². The van der Waals surface area contributed by atoms with Crippen molar-refractivity contribution < 1.29 is 14.7 Å². The zero-order chi connectivity index (χ0) is 13.8. The number of benzene rings is 1. The van der Waals surface area contributed by atoms with Gasteiger partial charge in [-0.25, -0.2) is 14.8 Å². The Bertz CT molecular complexity index is 626. The number of carbonyl (C=O) groups excluding carboxylic acids is 1. The van der Waals surface area contributed by atoms with Gasteiger partial charge in [-0.1, -0.05) is 30.3 Å². The highest BCUT2D eigenvalue weighted by molar-refractivity contribution is 5.94. The van der Waals surface area contributed by atoms with Crippen LogP contribution in [0.4, 0.5) is 0 Å². The fourth-order valence-corrected chi connectivity index (χ4v) is 1.63. The molecule has 6 nitrogen and oxygen atoms in total. The van der Waals surface area contributed by atoms with Crippen molar-refractivity contribution in [2.24, 2.45) is 5.73 Å². The van der Waals surface area contributed by atoms with E-state index in [2.05, 4.69) is 9.97 Å². The van der Waals surface area contributed by atoms with Gasteiger partial charge in [0.05, 0.1) is 12.1 Å². The van der Waals surface area contributed by atoms with Crippen LogP contribution in [0.15, 0.2) is 36.5 Å². The molecular formula is C13H11N3O3. The third-order valence-corrected chi connectivity index (χ3v) is 2.45. The van der Waals surface area contributed by atoms with Gasteiger partial charge in [-0.3, -0.25) is 4.79 Å². The molecule has 2 rings (SSSR count). The van der Waals surface area contributed by atoms with E-state index in [1.165, 1.54) is 6.20 Å². The van der Waals surface area contributed by atoms with Gasteiger partial charge in [0, 0.05) is 11.8 Å². The van der Waals surface area contributed by atoms with Gasteiger partial charge in [-0.05, 0) is 0 Å². The van der Waals surface area contributed by atoms with Crippen LogP contribution >= 0.6 is 0 Å². The van der Waals surface area contributed by atoms with E-state index in [9.17, 15) is 9.59 Å². The second kappa shape index (κ2) is 5.26. The molecule has 96 valence electrons. The lowest BCUT2D eigenvalue weighted by Gasteiger charge is -2.06. The molecule has 0 aliphatic rings. The van der Waals surface area contributed by atoms with E-state index >= 15 is 0 Å². The van der Waals surface area contributed by atoms with Crippen molar-refractivity contribution in [2.45, 2.75) is 6.42 Å². The first-order chi connectivity index (χ1) is 9.08. The summed E-state index contributed by atoms with van der Waals surface area (Å²) in [4.78, 5) is 30.0. The number of carboxylic acid groups (broad SMARTS) is 1. The van der Waals surface area contributed by atoms with E-state index in [0.29, 0.717) is 5.56 Å². The maximum Gasteiger partial charge on any atom is 0.339 e. The number of carboxylic acids is 1. The summed E-state index contributed by atoms with van der Waals surface area (Å²) in [6, 6.07) is 8.84. The van der Waals surface area contributed by atoms with E-state index in [4.69, 9.17) is 10.8 Å². The number of hydrogen-bond donors (Lipinski definition) is 2. The van der Waals surface area contributed by atoms with E-state index in [-0.39, 0.29) is 23.5 Å². The molecule has 0 fully saturated rings. The van der Waals surface area contributed by atoms with E-state index < -0.39 is 11.9 Å². The minimum absolute atomic E-state index is 0.0144. The summed E-state index contributed by atoms with van der Waals surface area (Å²) in [5.41, 5.74) is 5.98. The molecule has 6 heteroatoms. The number of aromatic nitrogens is 2. The molecule has 2 aromatic rings. The summed E-state index contributed by atoms with van der Waals surface area (Å²) in [6.45, 7) is 0. The Morgan fingerprint density at radius 1 is 1.21 bits per heavy atom. The van der Waals surface area contributed by atoms with E-state index in [1.807, 2.05) is 6.07 Å². The molecule has 0 unspecified atom stereocenters. The number of rotatable bonds is 4. The molecule has 19 heavy (non-hydrogen) atoms. The van der Waals surface area contributed by atoms with Gasteiger partial charge in [0.2, 0.25) is 5.91 Å². The summed E-state index contributed by atoms with van der Waals surface area (Å²) in [5, 5.41) is 9.13. The molecule has 0 spiro atoms. The summed E-state index contributed by atoms with van der Waals surface area (Å²) < 4.78 is 0. The summed E-state index contributed by atoms with van der Waals surface area (Å²) in [6.07, 6.45) is 1.07. The first kappa shape index (κ1) is 12.7. The number of primary amides is 1. The highest BCUT2D eigenvalue weighted by Gasteiger charge is 2.15. The summed E-state index contributed by atoms with van der Waals surface area (Å²) >= 11 is 0. The maximum atomic E-state index is 11.2. The maximum absolute atomic E-state index is 11.2. The first-order valence-electron chi connectivity index (χ1n) is 5.51. The molecule has 0 saturated carbocycles. The van der Waals surface area contributed by atoms with Gasteiger partial charge >= 0.3 is 5.97 Å². The standard InChI is InChI=1S/C13H11N3O3/c14-10(17)6-11-15-7-9(13(18)19)12(16-11)8-4-2-1-3-5-8/h1-5,7H,6H2,(H2,14,17)(H,18,19). The lowest BCUT2D eigenvalue weighted by Crippen LogP contribution is -2.16. The van der Waals surface area contributed by atoms with Crippen LogP contribution in [-0.2, 0) is 11.2 Å². The molecule has 0 radical (unpaired) electrons. The number of hydrogen-bond acceptors (Lipinski definition) is 4. The number of aromatic carboxylic acids is 1. The van der Waals surface area contributed by atoms with Crippen molar-refractivity contribution >= 4 is 11.9 Å². The average molecular weight is 257 g/mol. The largest absolute Gasteiger partial charge is 0.478 e. The molecule has 3 N–H and O–H groups in total. The predicted octanol–water partition coefficient (Wildman–Crippen LogP) is 0.870. The first-order valence-corrected chi connectivity index (χ1v) is 5.51. The van der Waals surface area contributed by atoms with Crippen LogP contribution in [-0.4, -0.2) is 27.0 Å². The lowest BCUT2D eigenvalue weighted by atomic mass is 10.1. The smallest absolute Gasteiger partial charge is 0.339 e. The Labute approximate surface area is 108 Å². The Balaban J connectivity index is 2.54. The van der Waals surface area contributed by atoms with Crippen molar-refractivity contribution in [1.29, 1.82) is 0 Å². The summed E-state index contributed by atoms with van der Waals surface area (Å²) in [7, 11) is 0. The monoisotopic (exact) mass is 257 g/mol. The van der Waals surface area contributed by atoms with Crippen LogP contribution in [0.5, 0.6) is 0 Å². The van der Waals surface area contributed by atoms with Crippen molar-refractivity contribution in [2.75, 3.05) is 0 Å². The van der Waals surface area contributed by atoms with Gasteiger partial charge in [0.25, 0.3) is 0 Å². The number of nitrogens with zero attached hydrogens (tertiary/aromatic N) is 2. The second-order valence-corrected chi connectivity index (χ2v) is 3.86. The molecular weight excluding hydrogens is 246 g/mol. The third kappa shape index (κ3) is 2.92. The van der Waals surface area contributed by atoms with Crippen molar-refractivity contribution in [3.8, 4) is 11.3 Å². The van der Waals surface area contributed by atoms with Crippen molar-refractivity contribution in [3.05, 3.63) is 47.9 Å². The molecule has 0 atom stereocenters. The van der Waals surface area contributed by atoms with Crippen LogP contribution in [0.1, 0.15) is 16.2 Å².